The molecule has 7 atom stereocenters. The highest BCUT2D eigenvalue weighted by molar-refractivity contribution is 5.73. The number of hydrogen-bond acceptors (Lipinski definition) is 9. The second-order valence-corrected chi connectivity index (χ2v) is 9.21. The minimum Gasteiger partial charge on any atom is -0.504 e. The molecular formula is C26H34O10. The number of carboxylic acids is 1. The lowest BCUT2D eigenvalue weighted by atomic mass is 9.85. The Balaban J connectivity index is 1.73. The molecule has 0 spiro atoms. The van der Waals surface area contributed by atoms with Crippen LogP contribution < -0.4 is 14.2 Å². The molecule has 10 nitrogen and oxygen atoms in total. The lowest BCUT2D eigenvalue weighted by Crippen LogP contribution is -2.61. The Morgan fingerprint density at radius 2 is 1.42 bits per heavy atom. The van der Waals surface area contributed by atoms with E-state index in [0.717, 1.165) is 17.5 Å². The maximum absolute atomic E-state index is 11.4. The summed E-state index contributed by atoms with van der Waals surface area (Å²) in [5.41, 5.74) is 1.95. The average Bonchev–Trinajstić information content (AvgIpc) is 2.85. The summed E-state index contributed by atoms with van der Waals surface area (Å²) in [5, 5.41) is 49.3. The van der Waals surface area contributed by atoms with E-state index in [1.54, 1.807) is 18.2 Å². The molecule has 0 saturated carbocycles. The van der Waals surface area contributed by atoms with Gasteiger partial charge >= 0.3 is 5.97 Å². The van der Waals surface area contributed by atoms with Crippen molar-refractivity contribution in [1.29, 1.82) is 0 Å². The number of hydrogen-bond donors (Lipinski definition) is 5. The summed E-state index contributed by atoms with van der Waals surface area (Å²) in [6.45, 7) is 4.26. The van der Waals surface area contributed by atoms with Gasteiger partial charge in [0.25, 0.3) is 0 Å². The Labute approximate surface area is 209 Å². The number of aliphatic carboxylic acids is 1. The second-order valence-electron chi connectivity index (χ2n) is 9.21. The van der Waals surface area contributed by atoms with Crippen LogP contribution in [0.4, 0.5) is 0 Å². The normalized spacial score (nSPS) is 25.6. The summed E-state index contributed by atoms with van der Waals surface area (Å²) >= 11 is 0. The van der Waals surface area contributed by atoms with Crippen LogP contribution in [0.5, 0.6) is 23.0 Å². The molecule has 198 valence electrons. The van der Waals surface area contributed by atoms with Gasteiger partial charge in [-0.25, -0.2) is 4.79 Å². The third-order valence-corrected chi connectivity index (χ3v) is 6.62. The maximum Gasteiger partial charge on any atom is 0.335 e. The lowest BCUT2D eigenvalue weighted by molar-refractivity contribution is -0.271. The van der Waals surface area contributed by atoms with Crippen LogP contribution in [0.25, 0.3) is 0 Å². The number of ether oxygens (including phenoxy) is 4. The van der Waals surface area contributed by atoms with Gasteiger partial charge in [-0.1, -0.05) is 26.0 Å². The van der Waals surface area contributed by atoms with E-state index in [1.165, 1.54) is 14.2 Å². The first kappa shape index (κ1) is 27.5. The zero-order valence-electron chi connectivity index (χ0n) is 20.7. The Morgan fingerprint density at radius 3 is 1.97 bits per heavy atom. The van der Waals surface area contributed by atoms with Crippen LogP contribution in [0.15, 0.2) is 36.4 Å². The second kappa shape index (κ2) is 11.8. The van der Waals surface area contributed by atoms with E-state index in [4.69, 9.17) is 18.9 Å². The fraction of sp³-hybridized carbons (Fsp3) is 0.500. The number of carboxylic acid groups (broad SMARTS) is 1. The van der Waals surface area contributed by atoms with Gasteiger partial charge < -0.3 is 44.5 Å². The zero-order chi connectivity index (χ0) is 26.6. The summed E-state index contributed by atoms with van der Waals surface area (Å²) < 4.78 is 21.5. The van der Waals surface area contributed by atoms with Crippen LogP contribution in [0.2, 0.25) is 0 Å². The van der Waals surface area contributed by atoms with E-state index in [9.17, 15) is 30.3 Å². The number of carbonyl (C=O) groups is 1. The van der Waals surface area contributed by atoms with Gasteiger partial charge in [0.2, 0.25) is 6.29 Å². The van der Waals surface area contributed by atoms with Crippen molar-refractivity contribution in [3.8, 4) is 23.0 Å². The summed E-state index contributed by atoms with van der Waals surface area (Å²) in [7, 11) is 2.95. The smallest absolute Gasteiger partial charge is 0.335 e. The minimum atomic E-state index is -1.80. The average molecular weight is 507 g/mol. The molecule has 0 aromatic heterocycles. The van der Waals surface area contributed by atoms with Crippen LogP contribution in [0.1, 0.15) is 25.0 Å². The van der Waals surface area contributed by atoms with Gasteiger partial charge in [0, 0.05) is 0 Å². The highest BCUT2D eigenvalue weighted by atomic mass is 16.7. The molecule has 1 saturated heterocycles. The number of rotatable bonds is 10. The molecule has 1 fully saturated rings. The Hall–Kier alpha value is -3.05. The molecule has 2 aromatic carbocycles. The summed E-state index contributed by atoms with van der Waals surface area (Å²) in [5.74, 6) is 0.0967. The van der Waals surface area contributed by atoms with Crippen molar-refractivity contribution in [3.05, 3.63) is 47.5 Å². The molecule has 0 aliphatic carbocycles. The van der Waals surface area contributed by atoms with E-state index < -0.39 is 36.7 Å². The standard InChI is InChI=1S/C26H34O10/c1-13(9-15-5-7-17(27)19(11-15)34-4)14(2)10-16-6-8-18(33-3)20(12-16)35-26-23(30)21(28)22(29)24(36-26)25(31)32/h5-8,11-14,21-24,26-30H,9-10H2,1-4H3,(H,31,32)/t13-,14+,21+,22+,23-,24+,26-/m1/s1. The molecular weight excluding hydrogens is 472 g/mol. The predicted molar refractivity (Wildman–Crippen MR) is 128 cm³/mol. The molecule has 10 heteroatoms. The summed E-state index contributed by atoms with van der Waals surface area (Å²) in [6.07, 6.45) is -7.08. The fourth-order valence-corrected chi connectivity index (χ4v) is 4.21. The number of phenolic OH excluding ortho intramolecular Hbond substituents is 1. The first-order chi connectivity index (χ1) is 17.0. The number of aliphatic hydroxyl groups is 3. The SMILES string of the molecule is COc1cc(C[C@@H](C)[C@@H](C)Cc2ccc(OC)c(O[C@@H]3O[C@H](C(=O)O)[C@@H](O)[C@H](O)[C@H]3O)c2)ccc1O. The van der Waals surface area contributed by atoms with Gasteiger partial charge in [-0.3, -0.25) is 0 Å². The molecule has 0 unspecified atom stereocenters. The number of phenols is 1. The first-order valence-corrected chi connectivity index (χ1v) is 11.7. The third-order valence-electron chi connectivity index (χ3n) is 6.62. The molecule has 1 aliphatic heterocycles. The van der Waals surface area contributed by atoms with Crippen LogP contribution in [-0.2, 0) is 22.4 Å². The largest absolute Gasteiger partial charge is 0.504 e. The van der Waals surface area contributed by atoms with Crippen LogP contribution >= 0.6 is 0 Å². The quantitative estimate of drug-likeness (QED) is 0.322. The van der Waals surface area contributed by atoms with E-state index in [2.05, 4.69) is 13.8 Å². The Bertz CT molecular complexity index is 1040. The van der Waals surface area contributed by atoms with Gasteiger partial charge in [-0.2, -0.15) is 0 Å². The molecule has 1 aliphatic rings. The molecule has 3 rings (SSSR count). The van der Waals surface area contributed by atoms with E-state index in [-0.39, 0.29) is 23.3 Å². The summed E-state index contributed by atoms with van der Waals surface area (Å²) in [4.78, 5) is 11.4. The highest BCUT2D eigenvalue weighted by Gasteiger charge is 2.48. The van der Waals surface area contributed by atoms with E-state index in [0.29, 0.717) is 17.9 Å². The molecule has 0 radical (unpaired) electrons. The number of benzene rings is 2. The number of methoxy groups -OCH3 is 2. The molecule has 0 bridgehead atoms. The van der Waals surface area contributed by atoms with E-state index >= 15 is 0 Å². The van der Waals surface area contributed by atoms with Crippen LogP contribution in [0.3, 0.4) is 0 Å². The van der Waals surface area contributed by atoms with Crippen molar-refractivity contribution in [1.82, 2.24) is 0 Å². The van der Waals surface area contributed by atoms with Gasteiger partial charge in [-0.15, -0.1) is 0 Å². The number of aromatic hydroxyl groups is 1. The first-order valence-electron chi connectivity index (χ1n) is 11.7. The third kappa shape index (κ3) is 6.19. The number of aliphatic hydroxyl groups excluding tert-OH is 3. The van der Waals surface area contributed by atoms with Crippen molar-refractivity contribution >= 4 is 5.97 Å². The topological polar surface area (TPSA) is 155 Å². The Morgan fingerprint density at radius 1 is 0.861 bits per heavy atom. The molecule has 36 heavy (non-hydrogen) atoms. The Kier molecular flexibility index (Phi) is 9.02. The van der Waals surface area contributed by atoms with Crippen molar-refractivity contribution in [2.75, 3.05) is 14.2 Å². The molecule has 0 amide bonds. The highest BCUT2D eigenvalue weighted by Crippen LogP contribution is 2.34. The zero-order valence-corrected chi connectivity index (χ0v) is 20.7. The van der Waals surface area contributed by atoms with Crippen molar-refractivity contribution in [3.63, 3.8) is 0 Å². The van der Waals surface area contributed by atoms with Crippen LogP contribution in [0, 0.1) is 11.8 Å². The maximum atomic E-state index is 11.4. The van der Waals surface area contributed by atoms with Crippen molar-refractivity contribution in [2.45, 2.75) is 57.4 Å². The molecule has 2 aromatic rings. The van der Waals surface area contributed by atoms with Crippen molar-refractivity contribution < 1.29 is 49.3 Å². The van der Waals surface area contributed by atoms with Gasteiger partial charge in [0.15, 0.2) is 29.1 Å². The molecule has 5 N–H and O–H groups in total. The monoisotopic (exact) mass is 506 g/mol. The fourth-order valence-electron chi connectivity index (χ4n) is 4.21. The van der Waals surface area contributed by atoms with Gasteiger partial charge in [0.1, 0.15) is 18.3 Å². The minimum absolute atomic E-state index is 0.0940. The molecule has 1 heterocycles. The lowest BCUT2D eigenvalue weighted by Gasteiger charge is -2.38. The van der Waals surface area contributed by atoms with Crippen molar-refractivity contribution in [2.24, 2.45) is 11.8 Å². The van der Waals surface area contributed by atoms with Crippen LogP contribution in [-0.4, -0.2) is 76.4 Å². The van der Waals surface area contributed by atoms with E-state index in [1.807, 2.05) is 18.2 Å². The van der Waals surface area contributed by atoms with Gasteiger partial charge in [-0.05, 0) is 60.1 Å². The van der Waals surface area contributed by atoms with Gasteiger partial charge in [0.05, 0.1) is 14.2 Å². The predicted octanol–water partition coefficient (Wildman–Crippen LogP) is 1.74. The summed E-state index contributed by atoms with van der Waals surface area (Å²) in [6, 6.07) is 10.6.